The van der Waals surface area contributed by atoms with Gasteiger partial charge < -0.3 is 4.90 Å². The lowest BCUT2D eigenvalue weighted by Crippen LogP contribution is -2.33. The minimum atomic E-state index is 0.821. The Labute approximate surface area is 141 Å². The van der Waals surface area contributed by atoms with Gasteiger partial charge in [-0.2, -0.15) is 0 Å². The van der Waals surface area contributed by atoms with E-state index in [0.717, 1.165) is 41.0 Å². The van der Waals surface area contributed by atoms with E-state index in [1.54, 1.807) is 11.3 Å². The van der Waals surface area contributed by atoms with Crippen LogP contribution in [0.3, 0.4) is 0 Å². The van der Waals surface area contributed by atoms with E-state index in [-0.39, 0.29) is 0 Å². The maximum Gasteiger partial charge on any atom is 0.163 e. The second kappa shape index (κ2) is 5.93. The average molecular weight is 323 g/mol. The first-order valence-corrected chi connectivity index (χ1v) is 9.11. The number of hydrogen-bond acceptors (Lipinski definition) is 4. The van der Waals surface area contributed by atoms with Crippen LogP contribution >= 0.6 is 11.3 Å². The quantitative estimate of drug-likeness (QED) is 0.671. The number of aromatic nitrogens is 2. The Hall–Kier alpha value is -1.94. The number of thiophene rings is 1. The maximum atomic E-state index is 4.95. The van der Waals surface area contributed by atoms with Crippen LogP contribution in [0.5, 0.6) is 0 Å². The van der Waals surface area contributed by atoms with Gasteiger partial charge in [-0.25, -0.2) is 9.97 Å². The molecule has 0 aliphatic carbocycles. The molecule has 0 N–H and O–H groups in total. The van der Waals surface area contributed by atoms with Crippen molar-refractivity contribution in [3.63, 3.8) is 0 Å². The molecule has 3 aromatic rings. The second-order valence-electron chi connectivity index (χ2n) is 6.48. The fraction of sp³-hybridized carbons (Fsp3) is 0.368. The molecule has 1 aromatic carbocycles. The Kier molecular flexibility index (Phi) is 3.77. The van der Waals surface area contributed by atoms with Crippen molar-refractivity contribution in [3.8, 4) is 11.4 Å². The predicted octanol–water partition coefficient (Wildman–Crippen LogP) is 4.90. The summed E-state index contributed by atoms with van der Waals surface area (Å²) in [5, 5.41) is 1.21. The number of piperidine rings is 1. The van der Waals surface area contributed by atoms with Crippen LogP contribution in [0.1, 0.15) is 24.6 Å². The normalized spacial score (nSPS) is 16.2. The lowest BCUT2D eigenvalue weighted by molar-refractivity contribution is 0.437. The number of nitrogens with zero attached hydrogens (tertiary/aromatic N) is 3. The molecule has 4 rings (SSSR count). The van der Waals surface area contributed by atoms with Crippen molar-refractivity contribution >= 4 is 27.4 Å². The van der Waals surface area contributed by atoms with Crippen LogP contribution in [0.4, 0.5) is 5.82 Å². The van der Waals surface area contributed by atoms with Crippen molar-refractivity contribution in [2.24, 2.45) is 5.92 Å². The van der Waals surface area contributed by atoms with E-state index in [0.29, 0.717) is 0 Å². The highest BCUT2D eigenvalue weighted by Crippen LogP contribution is 2.34. The van der Waals surface area contributed by atoms with Crippen LogP contribution in [0.15, 0.2) is 36.4 Å². The third kappa shape index (κ3) is 2.83. The Balaban J connectivity index is 1.84. The Morgan fingerprint density at radius 2 is 1.83 bits per heavy atom. The van der Waals surface area contributed by atoms with Crippen molar-refractivity contribution in [1.29, 1.82) is 0 Å². The monoisotopic (exact) mass is 323 g/mol. The minimum absolute atomic E-state index is 0.821. The first-order chi connectivity index (χ1) is 11.2. The molecule has 0 atom stereocenters. The predicted molar refractivity (Wildman–Crippen MR) is 98.2 cm³/mol. The number of rotatable bonds is 2. The van der Waals surface area contributed by atoms with Gasteiger partial charge in [-0.1, -0.05) is 37.3 Å². The average Bonchev–Trinajstić information content (AvgIpc) is 2.96. The van der Waals surface area contributed by atoms with E-state index in [1.165, 1.54) is 23.1 Å². The zero-order chi connectivity index (χ0) is 15.8. The summed E-state index contributed by atoms with van der Waals surface area (Å²) in [4.78, 5) is 14.6. The van der Waals surface area contributed by atoms with Gasteiger partial charge in [0.05, 0.1) is 5.39 Å². The number of benzene rings is 1. The van der Waals surface area contributed by atoms with Gasteiger partial charge in [0.25, 0.3) is 0 Å². The number of fused-ring (bicyclic) bond motifs is 1. The van der Waals surface area contributed by atoms with E-state index >= 15 is 0 Å². The molecule has 0 amide bonds. The Morgan fingerprint density at radius 3 is 2.57 bits per heavy atom. The van der Waals surface area contributed by atoms with E-state index < -0.39 is 0 Å². The zero-order valence-electron chi connectivity index (χ0n) is 13.6. The molecule has 118 valence electrons. The molecule has 1 aliphatic heterocycles. The molecule has 0 bridgehead atoms. The molecule has 3 nitrogen and oxygen atoms in total. The number of anilines is 1. The summed E-state index contributed by atoms with van der Waals surface area (Å²) in [5.41, 5.74) is 1.09. The molecular weight excluding hydrogens is 302 g/mol. The number of aryl methyl sites for hydroxylation is 1. The van der Waals surface area contributed by atoms with Gasteiger partial charge in [-0.15, -0.1) is 11.3 Å². The molecule has 0 spiro atoms. The van der Waals surface area contributed by atoms with Crippen LogP contribution in [0.2, 0.25) is 0 Å². The van der Waals surface area contributed by atoms with Gasteiger partial charge in [-0.3, -0.25) is 0 Å². The molecule has 3 heterocycles. The summed E-state index contributed by atoms with van der Waals surface area (Å²) in [6, 6.07) is 12.5. The molecule has 4 heteroatoms. The van der Waals surface area contributed by atoms with Gasteiger partial charge in [0.15, 0.2) is 5.82 Å². The molecule has 0 unspecified atom stereocenters. The fourth-order valence-electron chi connectivity index (χ4n) is 3.20. The van der Waals surface area contributed by atoms with E-state index in [1.807, 2.05) is 18.2 Å². The van der Waals surface area contributed by atoms with Crippen LogP contribution < -0.4 is 4.90 Å². The minimum Gasteiger partial charge on any atom is -0.356 e. The Morgan fingerprint density at radius 1 is 1.09 bits per heavy atom. The lowest BCUT2D eigenvalue weighted by Gasteiger charge is -2.31. The SMILES string of the molecule is Cc1cc2c(N3CCC(C)CC3)nc(-c3ccccc3)nc2s1. The fourth-order valence-corrected chi connectivity index (χ4v) is 4.08. The topological polar surface area (TPSA) is 29.0 Å². The third-order valence-electron chi connectivity index (χ3n) is 4.61. The van der Waals surface area contributed by atoms with Crippen molar-refractivity contribution < 1.29 is 0 Å². The molecule has 0 radical (unpaired) electrons. The summed E-state index contributed by atoms with van der Waals surface area (Å²) < 4.78 is 0. The summed E-state index contributed by atoms with van der Waals surface area (Å²) in [6.07, 6.45) is 2.49. The van der Waals surface area contributed by atoms with Crippen molar-refractivity contribution in [2.45, 2.75) is 26.7 Å². The van der Waals surface area contributed by atoms with Gasteiger partial charge in [0.1, 0.15) is 10.6 Å². The summed E-state index contributed by atoms with van der Waals surface area (Å²) in [6.45, 7) is 6.68. The largest absolute Gasteiger partial charge is 0.356 e. The molecule has 2 aromatic heterocycles. The lowest BCUT2D eigenvalue weighted by atomic mass is 9.99. The van der Waals surface area contributed by atoms with Crippen molar-refractivity contribution in [2.75, 3.05) is 18.0 Å². The maximum absolute atomic E-state index is 4.95. The molecule has 1 aliphatic rings. The smallest absolute Gasteiger partial charge is 0.163 e. The molecule has 0 saturated carbocycles. The van der Waals surface area contributed by atoms with E-state index in [4.69, 9.17) is 9.97 Å². The summed E-state index contributed by atoms with van der Waals surface area (Å²) in [7, 11) is 0. The first kappa shape index (κ1) is 14.6. The molecule has 23 heavy (non-hydrogen) atoms. The van der Waals surface area contributed by atoms with Gasteiger partial charge in [-0.05, 0) is 31.7 Å². The summed E-state index contributed by atoms with van der Waals surface area (Å²) >= 11 is 1.76. The van der Waals surface area contributed by atoms with E-state index in [2.05, 4.69) is 36.9 Å². The molecule has 1 fully saturated rings. The van der Waals surface area contributed by atoms with Crippen LogP contribution in [-0.2, 0) is 0 Å². The van der Waals surface area contributed by atoms with Crippen molar-refractivity contribution in [3.05, 3.63) is 41.3 Å². The highest BCUT2D eigenvalue weighted by Gasteiger charge is 2.21. The van der Waals surface area contributed by atoms with Crippen LogP contribution in [0.25, 0.3) is 21.6 Å². The van der Waals surface area contributed by atoms with Crippen LogP contribution in [-0.4, -0.2) is 23.1 Å². The highest BCUT2D eigenvalue weighted by atomic mass is 32.1. The highest BCUT2D eigenvalue weighted by molar-refractivity contribution is 7.18. The third-order valence-corrected chi connectivity index (χ3v) is 5.56. The molecular formula is C19H21N3S. The number of hydrogen-bond donors (Lipinski definition) is 0. The zero-order valence-corrected chi connectivity index (χ0v) is 14.4. The summed E-state index contributed by atoms with van der Waals surface area (Å²) in [5.74, 6) is 2.78. The van der Waals surface area contributed by atoms with Gasteiger partial charge in [0, 0.05) is 23.5 Å². The van der Waals surface area contributed by atoms with E-state index in [9.17, 15) is 0 Å². The van der Waals surface area contributed by atoms with Gasteiger partial charge in [0.2, 0.25) is 0 Å². The van der Waals surface area contributed by atoms with Crippen molar-refractivity contribution in [1.82, 2.24) is 9.97 Å². The second-order valence-corrected chi connectivity index (χ2v) is 7.72. The standard InChI is InChI=1S/C19H21N3S/c1-13-8-10-22(11-9-13)18-16-12-14(2)23-19(16)21-17(20-18)15-6-4-3-5-7-15/h3-7,12-13H,8-11H2,1-2H3. The molecule has 1 saturated heterocycles. The first-order valence-electron chi connectivity index (χ1n) is 8.29. The Bertz CT molecular complexity index is 817. The van der Waals surface area contributed by atoms with Gasteiger partial charge >= 0.3 is 0 Å². The van der Waals surface area contributed by atoms with Crippen LogP contribution in [0, 0.1) is 12.8 Å².